The summed E-state index contributed by atoms with van der Waals surface area (Å²) in [5.74, 6) is -0.485. The van der Waals surface area contributed by atoms with E-state index in [4.69, 9.17) is 4.52 Å². The molecule has 7 heteroatoms. The van der Waals surface area contributed by atoms with Crippen molar-refractivity contribution in [2.75, 3.05) is 32.6 Å². The van der Waals surface area contributed by atoms with E-state index < -0.39 is 0 Å². The minimum Gasteiger partial charge on any atom is -0.469 e. The molecule has 1 atom stereocenters. The van der Waals surface area contributed by atoms with Gasteiger partial charge in [-0.05, 0) is 14.0 Å². The van der Waals surface area contributed by atoms with E-state index in [0.717, 1.165) is 0 Å². The number of aryl methyl sites for hydroxylation is 1. The molecule has 106 valence electrons. The maximum Gasteiger partial charge on any atom is 0.309 e. The summed E-state index contributed by atoms with van der Waals surface area (Å²) in [5, 5.41) is 6.25. The Morgan fingerprint density at radius 1 is 1.58 bits per heavy atom. The van der Waals surface area contributed by atoms with Crippen LogP contribution in [0.4, 0.5) is 5.88 Å². The number of esters is 1. The standard InChI is InChI=1S/C12H19N3O4/c1-8(12(17)18-4)6-15(3)7-10(16)13-11-5-9(2)14-19-11/h5,8H,6-7H2,1-4H3,(H,13,16). The lowest BCUT2D eigenvalue weighted by atomic mass is 10.2. The van der Waals surface area contributed by atoms with Crippen LogP contribution in [0.2, 0.25) is 0 Å². The first-order valence-corrected chi connectivity index (χ1v) is 5.92. The molecule has 1 unspecified atom stereocenters. The van der Waals surface area contributed by atoms with Crippen LogP contribution in [0.1, 0.15) is 12.6 Å². The number of nitrogens with zero attached hydrogens (tertiary/aromatic N) is 2. The fourth-order valence-electron chi connectivity index (χ4n) is 1.65. The lowest BCUT2D eigenvalue weighted by Crippen LogP contribution is -2.35. The van der Waals surface area contributed by atoms with Crippen molar-refractivity contribution in [1.82, 2.24) is 10.1 Å². The third kappa shape index (κ3) is 5.09. The Balaban J connectivity index is 2.37. The number of methoxy groups -OCH3 is 1. The number of ether oxygens (including phenoxy) is 1. The molecule has 0 aliphatic heterocycles. The molecule has 0 aliphatic carbocycles. The Labute approximate surface area is 111 Å². The molecule has 0 radical (unpaired) electrons. The molecule has 19 heavy (non-hydrogen) atoms. The molecule has 0 aromatic carbocycles. The van der Waals surface area contributed by atoms with Gasteiger partial charge < -0.3 is 9.26 Å². The van der Waals surface area contributed by atoms with Gasteiger partial charge in [-0.2, -0.15) is 0 Å². The predicted octanol–water partition coefficient (Wildman–Crippen LogP) is 0.662. The Bertz CT molecular complexity index is 444. The molecule has 1 aromatic heterocycles. The van der Waals surface area contributed by atoms with Gasteiger partial charge in [0.05, 0.1) is 25.3 Å². The van der Waals surface area contributed by atoms with Crippen molar-refractivity contribution in [1.29, 1.82) is 0 Å². The van der Waals surface area contributed by atoms with Gasteiger partial charge in [0.2, 0.25) is 11.8 Å². The zero-order chi connectivity index (χ0) is 14.4. The maximum absolute atomic E-state index is 11.7. The lowest BCUT2D eigenvalue weighted by Gasteiger charge is -2.18. The average molecular weight is 269 g/mol. The topological polar surface area (TPSA) is 84.7 Å². The summed E-state index contributed by atoms with van der Waals surface area (Å²) >= 11 is 0. The van der Waals surface area contributed by atoms with Gasteiger partial charge in [-0.3, -0.25) is 19.8 Å². The predicted molar refractivity (Wildman–Crippen MR) is 68.5 cm³/mol. The average Bonchev–Trinajstić information content (AvgIpc) is 2.72. The number of hydrogen-bond acceptors (Lipinski definition) is 6. The number of carbonyl (C=O) groups excluding carboxylic acids is 2. The van der Waals surface area contributed by atoms with Crippen molar-refractivity contribution < 1.29 is 18.8 Å². The van der Waals surface area contributed by atoms with Gasteiger partial charge in [-0.25, -0.2) is 0 Å². The number of amides is 1. The zero-order valence-corrected chi connectivity index (χ0v) is 11.6. The van der Waals surface area contributed by atoms with Crippen LogP contribution in [0, 0.1) is 12.8 Å². The quantitative estimate of drug-likeness (QED) is 0.764. The highest BCUT2D eigenvalue weighted by Crippen LogP contribution is 2.08. The monoisotopic (exact) mass is 269 g/mol. The summed E-state index contributed by atoms with van der Waals surface area (Å²) in [6.45, 7) is 4.11. The lowest BCUT2D eigenvalue weighted by molar-refractivity contribution is -0.145. The maximum atomic E-state index is 11.7. The third-order valence-electron chi connectivity index (χ3n) is 2.49. The van der Waals surface area contributed by atoms with Crippen LogP contribution in [0.3, 0.4) is 0 Å². The van der Waals surface area contributed by atoms with Crippen LogP contribution in [0.5, 0.6) is 0 Å². The van der Waals surface area contributed by atoms with Crippen LogP contribution >= 0.6 is 0 Å². The smallest absolute Gasteiger partial charge is 0.309 e. The summed E-state index contributed by atoms with van der Waals surface area (Å²) in [4.78, 5) is 24.7. The summed E-state index contributed by atoms with van der Waals surface area (Å²) in [6, 6.07) is 1.63. The molecule has 1 N–H and O–H groups in total. The van der Waals surface area contributed by atoms with Crippen molar-refractivity contribution in [3.63, 3.8) is 0 Å². The molecule has 1 rings (SSSR count). The van der Waals surface area contributed by atoms with Crippen molar-refractivity contribution in [2.24, 2.45) is 5.92 Å². The van der Waals surface area contributed by atoms with Gasteiger partial charge in [-0.15, -0.1) is 0 Å². The molecule has 0 bridgehead atoms. The molecule has 7 nitrogen and oxygen atoms in total. The highest BCUT2D eigenvalue weighted by molar-refractivity contribution is 5.90. The number of likely N-dealkylation sites (N-methyl/N-ethyl adjacent to an activating group) is 1. The van der Waals surface area contributed by atoms with Gasteiger partial charge in [-0.1, -0.05) is 12.1 Å². The molecule has 0 saturated heterocycles. The molecule has 0 spiro atoms. The van der Waals surface area contributed by atoms with Crippen molar-refractivity contribution in [2.45, 2.75) is 13.8 Å². The molecule has 0 fully saturated rings. The first-order chi connectivity index (χ1) is 8.92. The second-order valence-electron chi connectivity index (χ2n) is 4.50. The van der Waals surface area contributed by atoms with Crippen LogP contribution in [0.25, 0.3) is 0 Å². The number of nitrogens with one attached hydrogen (secondary N) is 1. The molecule has 0 aliphatic rings. The Kier molecular flexibility index (Phi) is 5.50. The van der Waals surface area contributed by atoms with E-state index in [2.05, 4.69) is 15.2 Å². The minimum absolute atomic E-state index is 0.154. The molecule has 0 saturated carbocycles. The Hall–Kier alpha value is -1.89. The number of aromatic nitrogens is 1. The number of anilines is 1. The molecular formula is C12H19N3O4. The molecular weight excluding hydrogens is 250 g/mol. The van der Waals surface area contributed by atoms with Gasteiger partial charge in [0.1, 0.15) is 0 Å². The largest absolute Gasteiger partial charge is 0.469 e. The van der Waals surface area contributed by atoms with E-state index in [0.29, 0.717) is 18.1 Å². The highest BCUT2D eigenvalue weighted by Gasteiger charge is 2.17. The van der Waals surface area contributed by atoms with Gasteiger partial charge in [0.15, 0.2) is 0 Å². The van der Waals surface area contributed by atoms with Crippen molar-refractivity contribution in [3.05, 3.63) is 11.8 Å². The van der Waals surface area contributed by atoms with E-state index in [1.54, 1.807) is 31.9 Å². The second-order valence-corrected chi connectivity index (χ2v) is 4.50. The molecule has 1 heterocycles. The van der Waals surface area contributed by atoms with Gasteiger partial charge in [0.25, 0.3) is 0 Å². The second kappa shape index (κ2) is 6.89. The van der Waals surface area contributed by atoms with Crippen LogP contribution in [0.15, 0.2) is 10.6 Å². The fraction of sp³-hybridized carbons (Fsp3) is 0.583. The normalized spacial score (nSPS) is 12.3. The van der Waals surface area contributed by atoms with Crippen LogP contribution in [-0.2, 0) is 14.3 Å². The Morgan fingerprint density at radius 2 is 2.26 bits per heavy atom. The zero-order valence-electron chi connectivity index (χ0n) is 11.6. The van der Waals surface area contributed by atoms with Crippen molar-refractivity contribution in [3.8, 4) is 0 Å². The Morgan fingerprint density at radius 3 is 2.79 bits per heavy atom. The van der Waals surface area contributed by atoms with E-state index in [-0.39, 0.29) is 24.3 Å². The molecule has 1 amide bonds. The van der Waals surface area contributed by atoms with Crippen LogP contribution in [-0.4, -0.2) is 49.2 Å². The van der Waals surface area contributed by atoms with E-state index in [1.807, 2.05) is 0 Å². The van der Waals surface area contributed by atoms with E-state index >= 15 is 0 Å². The van der Waals surface area contributed by atoms with E-state index in [9.17, 15) is 9.59 Å². The number of rotatable bonds is 6. The summed E-state index contributed by atoms with van der Waals surface area (Å²) in [5.41, 5.74) is 0.697. The minimum atomic E-state index is -0.293. The van der Waals surface area contributed by atoms with Gasteiger partial charge in [0, 0.05) is 12.6 Å². The number of carbonyl (C=O) groups is 2. The van der Waals surface area contributed by atoms with Gasteiger partial charge >= 0.3 is 5.97 Å². The third-order valence-corrected chi connectivity index (χ3v) is 2.49. The van der Waals surface area contributed by atoms with Crippen molar-refractivity contribution >= 4 is 17.8 Å². The first kappa shape index (κ1) is 15.2. The summed E-state index contributed by atoms with van der Waals surface area (Å²) in [6.07, 6.45) is 0. The number of hydrogen-bond donors (Lipinski definition) is 1. The molecule has 1 aromatic rings. The summed E-state index contributed by atoms with van der Waals surface area (Å²) < 4.78 is 9.51. The first-order valence-electron chi connectivity index (χ1n) is 5.92. The summed E-state index contributed by atoms with van der Waals surface area (Å²) in [7, 11) is 3.10. The fourth-order valence-corrected chi connectivity index (χ4v) is 1.65. The van der Waals surface area contributed by atoms with E-state index in [1.165, 1.54) is 7.11 Å². The highest BCUT2D eigenvalue weighted by atomic mass is 16.5. The van der Waals surface area contributed by atoms with Crippen LogP contribution < -0.4 is 5.32 Å². The SMILES string of the molecule is COC(=O)C(C)CN(C)CC(=O)Nc1cc(C)no1.